The van der Waals surface area contributed by atoms with E-state index < -0.39 is 6.04 Å². The second kappa shape index (κ2) is 9.53. The van der Waals surface area contributed by atoms with Gasteiger partial charge in [0.1, 0.15) is 5.76 Å². The molecule has 2 heterocycles. The van der Waals surface area contributed by atoms with Crippen LogP contribution in [-0.4, -0.2) is 67.8 Å². The lowest BCUT2D eigenvalue weighted by Crippen LogP contribution is -2.43. The lowest BCUT2D eigenvalue weighted by molar-refractivity contribution is -0.122. The first-order valence-corrected chi connectivity index (χ1v) is 9.59. The highest BCUT2D eigenvalue weighted by Gasteiger charge is 2.21. The van der Waals surface area contributed by atoms with E-state index in [-0.39, 0.29) is 18.4 Å². The molecule has 1 aliphatic rings. The molecule has 29 heavy (non-hydrogen) atoms. The Hall–Kier alpha value is -2.91. The second-order valence-electron chi connectivity index (χ2n) is 7.10. The summed E-state index contributed by atoms with van der Waals surface area (Å²) in [4.78, 5) is 28.6. The maximum atomic E-state index is 12.4. The highest BCUT2D eigenvalue weighted by atomic mass is 16.5. The van der Waals surface area contributed by atoms with Gasteiger partial charge in [0.05, 0.1) is 25.8 Å². The molecular formula is C20H27N5O4. The molecule has 1 unspecified atom stereocenters. The molecule has 9 nitrogen and oxygen atoms in total. The molecule has 2 amide bonds. The molecule has 156 valence electrons. The molecule has 1 aromatic heterocycles. The van der Waals surface area contributed by atoms with E-state index in [0.717, 1.165) is 37.7 Å². The molecule has 2 aromatic rings. The minimum absolute atomic E-state index is 0.0810. The highest BCUT2D eigenvalue weighted by molar-refractivity contribution is 5.95. The van der Waals surface area contributed by atoms with Crippen molar-refractivity contribution in [1.29, 1.82) is 0 Å². The minimum Gasteiger partial charge on any atom is -0.378 e. The third-order valence-corrected chi connectivity index (χ3v) is 4.84. The Labute approximate surface area is 170 Å². The standard InChI is InChI=1S/C20H27N5O4/c1-14-12-18(23-29-14)22-20(27)15(2)24(3)13-19(26)21-16-4-6-17(7-5-16)25-8-10-28-11-9-25/h4-7,12,15H,8-11,13H2,1-3H3,(H,21,26)(H,22,23,27). The van der Waals surface area contributed by atoms with Gasteiger partial charge < -0.3 is 24.8 Å². The molecule has 0 bridgehead atoms. The number of likely N-dealkylation sites (N-methyl/N-ethyl adjacent to an activating group) is 1. The third-order valence-electron chi connectivity index (χ3n) is 4.84. The zero-order valence-electron chi connectivity index (χ0n) is 17.0. The van der Waals surface area contributed by atoms with E-state index in [4.69, 9.17) is 9.26 Å². The molecule has 0 spiro atoms. The fourth-order valence-electron chi connectivity index (χ4n) is 3.00. The van der Waals surface area contributed by atoms with Gasteiger partial charge in [0.2, 0.25) is 11.8 Å². The minimum atomic E-state index is -0.513. The number of aromatic nitrogens is 1. The van der Waals surface area contributed by atoms with Crippen molar-refractivity contribution >= 4 is 29.0 Å². The fourth-order valence-corrected chi connectivity index (χ4v) is 3.00. The lowest BCUT2D eigenvalue weighted by atomic mass is 10.2. The average Bonchev–Trinajstić information content (AvgIpc) is 3.13. The summed E-state index contributed by atoms with van der Waals surface area (Å²) in [5, 5.41) is 9.28. The van der Waals surface area contributed by atoms with Crippen molar-refractivity contribution in [3.8, 4) is 0 Å². The van der Waals surface area contributed by atoms with Crippen LogP contribution in [0.15, 0.2) is 34.9 Å². The van der Waals surface area contributed by atoms with Crippen molar-refractivity contribution in [3.63, 3.8) is 0 Å². The number of nitrogens with zero attached hydrogens (tertiary/aromatic N) is 3. The molecule has 3 rings (SSSR count). The number of ether oxygens (including phenoxy) is 1. The number of anilines is 3. The molecular weight excluding hydrogens is 374 g/mol. The molecule has 1 atom stereocenters. The molecule has 0 saturated carbocycles. The number of amides is 2. The van der Waals surface area contributed by atoms with Crippen LogP contribution in [0, 0.1) is 6.92 Å². The SMILES string of the molecule is Cc1cc(NC(=O)C(C)N(C)CC(=O)Nc2ccc(N3CCOCC3)cc2)no1. The topological polar surface area (TPSA) is 99.9 Å². The predicted molar refractivity (Wildman–Crippen MR) is 110 cm³/mol. The molecule has 1 fully saturated rings. The van der Waals surface area contributed by atoms with Crippen molar-refractivity contribution in [1.82, 2.24) is 10.1 Å². The van der Waals surface area contributed by atoms with Gasteiger partial charge in [0.25, 0.3) is 0 Å². The Balaban J connectivity index is 1.48. The van der Waals surface area contributed by atoms with E-state index in [1.807, 2.05) is 24.3 Å². The largest absolute Gasteiger partial charge is 0.378 e. The van der Waals surface area contributed by atoms with Gasteiger partial charge in [-0.3, -0.25) is 14.5 Å². The third kappa shape index (κ3) is 5.78. The Morgan fingerprint density at radius 3 is 2.52 bits per heavy atom. The predicted octanol–water partition coefficient (Wildman–Crippen LogP) is 1.72. The number of hydrogen-bond donors (Lipinski definition) is 2. The summed E-state index contributed by atoms with van der Waals surface area (Å²) in [5.74, 6) is 0.518. The van der Waals surface area contributed by atoms with E-state index in [9.17, 15) is 9.59 Å². The van der Waals surface area contributed by atoms with Gasteiger partial charge in [-0.1, -0.05) is 5.16 Å². The van der Waals surface area contributed by atoms with E-state index in [0.29, 0.717) is 11.6 Å². The number of morpholine rings is 1. The number of benzene rings is 1. The Kier molecular flexibility index (Phi) is 6.84. The first-order chi connectivity index (χ1) is 13.9. The van der Waals surface area contributed by atoms with Crippen LogP contribution in [0.5, 0.6) is 0 Å². The van der Waals surface area contributed by atoms with Crippen LogP contribution in [0.1, 0.15) is 12.7 Å². The average molecular weight is 401 g/mol. The molecule has 1 saturated heterocycles. The number of rotatable bonds is 7. The number of hydrogen-bond acceptors (Lipinski definition) is 7. The van der Waals surface area contributed by atoms with Crippen molar-refractivity contribution < 1.29 is 18.8 Å². The van der Waals surface area contributed by atoms with Gasteiger partial charge in [-0.2, -0.15) is 0 Å². The molecule has 0 radical (unpaired) electrons. The van der Waals surface area contributed by atoms with Gasteiger partial charge >= 0.3 is 0 Å². The van der Waals surface area contributed by atoms with E-state index >= 15 is 0 Å². The molecule has 9 heteroatoms. The number of aryl methyl sites for hydroxylation is 1. The zero-order valence-corrected chi connectivity index (χ0v) is 17.0. The van der Waals surface area contributed by atoms with E-state index in [1.165, 1.54) is 0 Å². The van der Waals surface area contributed by atoms with Crippen LogP contribution in [0.25, 0.3) is 0 Å². The van der Waals surface area contributed by atoms with Gasteiger partial charge in [0, 0.05) is 30.5 Å². The number of carbonyl (C=O) groups is 2. The van der Waals surface area contributed by atoms with Crippen molar-refractivity contribution in [2.45, 2.75) is 19.9 Å². The molecule has 1 aromatic carbocycles. The summed E-state index contributed by atoms with van der Waals surface area (Å²) in [6, 6.07) is 8.86. The van der Waals surface area contributed by atoms with E-state index in [2.05, 4.69) is 20.7 Å². The van der Waals surface area contributed by atoms with Crippen LogP contribution in [0.4, 0.5) is 17.2 Å². The summed E-state index contributed by atoms with van der Waals surface area (Å²) in [7, 11) is 1.72. The van der Waals surface area contributed by atoms with Crippen LogP contribution in [-0.2, 0) is 14.3 Å². The van der Waals surface area contributed by atoms with Gasteiger partial charge in [-0.25, -0.2) is 0 Å². The first kappa shape index (κ1) is 20.8. The van der Waals surface area contributed by atoms with Crippen molar-refractivity contribution in [2.75, 3.05) is 55.4 Å². The number of nitrogens with one attached hydrogen (secondary N) is 2. The van der Waals surface area contributed by atoms with Gasteiger partial charge in [-0.15, -0.1) is 0 Å². The maximum Gasteiger partial charge on any atom is 0.242 e. The Bertz CT molecular complexity index is 830. The molecule has 2 N–H and O–H groups in total. The van der Waals surface area contributed by atoms with Crippen LogP contribution < -0.4 is 15.5 Å². The van der Waals surface area contributed by atoms with Gasteiger partial charge in [-0.05, 0) is 45.2 Å². The Morgan fingerprint density at radius 2 is 1.90 bits per heavy atom. The monoisotopic (exact) mass is 401 g/mol. The molecule has 0 aliphatic carbocycles. The first-order valence-electron chi connectivity index (χ1n) is 9.59. The van der Waals surface area contributed by atoms with Crippen molar-refractivity contribution in [2.24, 2.45) is 0 Å². The van der Waals surface area contributed by atoms with Crippen LogP contribution in [0.2, 0.25) is 0 Å². The smallest absolute Gasteiger partial charge is 0.242 e. The number of carbonyl (C=O) groups excluding carboxylic acids is 2. The molecule has 1 aliphatic heterocycles. The zero-order chi connectivity index (χ0) is 20.8. The highest BCUT2D eigenvalue weighted by Crippen LogP contribution is 2.19. The summed E-state index contributed by atoms with van der Waals surface area (Å²) in [6.45, 7) is 6.74. The summed E-state index contributed by atoms with van der Waals surface area (Å²) in [5.41, 5.74) is 1.83. The summed E-state index contributed by atoms with van der Waals surface area (Å²) < 4.78 is 10.3. The van der Waals surface area contributed by atoms with Crippen molar-refractivity contribution in [3.05, 3.63) is 36.1 Å². The summed E-state index contributed by atoms with van der Waals surface area (Å²) >= 11 is 0. The lowest BCUT2D eigenvalue weighted by Gasteiger charge is -2.29. The summed E-state index contributed by atoms with van der Waals surface area (Å²) in [6.07, 6.45) is 0. The van der Waals surface area contributed by atoms with Crippen LogP contribution >= 0.6 is 0 Å². The second-order valence-corrected chi connectivity index (χ2v) is 7.10. The Morgan fingerprint density at radius 1 is 1.21 bits per heavy atom. The fraction of sp³-hybridized carbons (Fsp3) is 0.450. The van der Waals surface area contributed by atoms with Crippen LogP contribution in [0.3, 0.4) is 0 Å². The normalized spacial score (nSPS) is 15.2. The van der Waals surface area contributed by atoms with Gasteiger partial charge in [0.15, 0.2) is 5.82 Å². The quantitative estimate of drug-likeness (QED) is 0.729. The van der Waals surface area contributed by atoms with E-state index in [1.54, 1.807) is 31.9 Å². The maximum absolute atomic E-state index is 12.4.